The molecule has 88 valence electrons. The second-order valence-corrected chi connectivity index (χ2v) is 6.92. The molecular formula is C12H28OS. The minimum Gasteiger partial charge on any atom is -0.268 e. The Labute approximate surface area is 91.3 Å². The highest BCUT2D eigenvalue weighted by Crippen LogP contribution is 2.09. The van der Waals surface area contributed by atoms with Crippen LogP contribution in [0.5, 0.6) is 0 Å². The Hall–Kier alpha value is 0.0200. The van der Waals surface area contributed by atoms with E-state index in [0.29, 0.717) is 0 Å². The zero-order valence-corrected chi connectivity index (χ0v) is 11.5. The average Bonchev–Trinajstić information content (AvgIpc) is 2.06. The van der Waals surface area contributed by atoms with E-state index in [2.05, 4.69) is 26.6 Å². The highest BCUT2D eigenvalue weighted by Gasteiger charge is 2.08. The van der Waals surface area contributed by atoms with Gasteiger partial charge in [0.1, 0.15) is 0 Å². The number of hydrogen-bond donors (Lipinski definition) is 0. The summed E-state index contributed by atoms with van der Waals surface area (Å²) in [4.78, 5) is 0. The molecule has 0 amide bonds. The van der Waals surface area contributed by atoms with E-state index in [1.165, 1.54) is 6.42 Å². The Morgan fingerprint density at radius 3 is 1.43 bits per heavy atom. The average molecular weight is 220 g/mol. The lowest BCUT2D eigenvalue weighted by Crippen LogP contribution is -2.15. The molecule has 1 aliphatic heterocycles. The summed E-state index contributed by atoms with van der Waals surface area (Å²) in [6, 6.07) is 0. The fourth-order valence-corrected chi connectivity index (χ4v) is 2.67. The molecule has 0 atom stereocenters. The van der Waals surface area contributed by atoms with Crippen molar-refractivity contribution in [3.8, 4) is 0 Å². The lowest BCUT2D eigenvalue weighted by Gasteiger charge is -2.13. The van der Waals surface area contributed by atoms with Gasteiger partial charge in [0.05, 0.1) is 0 Å². The summed E-state index contributed by atoms with van der Waals surface area (Å²) in [5, 5.41) is 0. The molecule has 0 bridgehead atoms. The molecule has 1 nitrogen and oxygen atoms in total. The molecule has 0 aliphatic carbocycles. The van der Waals surface area contributed by atoms with Crippen molar-refractivity contribution in [2.45, 2.75) is 53.9 Å². The summed E-state index contributed by atoms with van der Waals surface area (Å²) >= 11 is 0. The Bertz CT molecular complexity index is 176. The highest BCUT2D eigenvalue weighted by molar-refractivity contribution is 8.00. The standard InChI is InChI=1S/C6H12OS.C4H10.C2H6/c1-8(7)5-3-2-4-6-8;1-4(2)3;1-2/h1-6H2;4H,1-3H3;1-2H3. The number of hydrogen-bond acceptors (Lipinski definition) is 1. The maximum atomic E-state index is 11.1. The lowest BCUT2D eigenvalue weighted by atomic mass is 10.3. The van der Waals surface area contributed by atoms with Crippen LogP contribution in [0.15, 0.2) is 0 Å². The molecule has 1 saturated heterocycles. The minimum atomic E-state index is -1.58. The van der Waals surface area contributed by atoms with E-state index in [-0.39, 0.29) is 0 Å². The topological polar surface area (TPSA) is 17.1 Å². The summed E-state index contributed by atoms with van der Waals surface area (Å²) in [5.74, 6) is 6.23. The van der Waals surface area contributed by atoms with Gasteiger partial charge in [-0.25, -0.2) is 0 Å². The van der Waals surface area contributed by atoms with E-state index < -0.39 is 9.52 Å². The van der Waals surface area contributed by atoms with Gasteiger partial charge < -0.3 is 0 Å². The molecule has 1 heterocycles. The largest absolute Gasteiger partial charge is 0.268 e. The first kappa shape index (κ1) is 16.4. The molecule has 0 N–H and O–H groups in total. The van der Waals surface area contributed by atoms with Crippen molar-refractivity contribution >= 4 is 15.4 Å². The molecule has 0 aromatic carbocycles. The van der Waals surface area contributed by atoms with E-state index in [0.717, 1.165) is 30.3 Å². The SMILES string of the molecule is C=S1(=O)CCCCC1.CC.CC(C)C. The first-order valence-corrected chi connectivity index (χ1v) is 7.83. The third-order valence-corrected chi connectivity index (χ3v) is 3.60. The Kier molecular flexibility index (Phi) is 11.2. The fraction of sp³-hybridized carbons (Fsp3) is 0.917. The summed E-state index contributed by atoms with van der Waals surface area (Å²) < 4.78 is 11.1. The van der Waals surface area contributed by atoms with Crippen LogP contribution in [0.3, 0.4) is 0 Å². The fourth-order valence-electron chi connectivity index (χ4n) is 1.01. The molecule has 14 heavy (non-hydrogen) atoms. The van der Waals surface area contributed by atoms with E-state index in [1.807, 2.05) is 13.8 Å². The van der Waals surface area contributed by atoms with Crippen LogP contribution >= 0.6 is 0 Å². The molecule has 0 radical (unpaired) electrons. The van der Waals surface area contributed by atoms with Gasteiger partial charge in [-0.05, 0) is 34.2 Å². The van der Waals surface area contributed by atoms with E-state index in [1.54, 1.807) is 0 Å². The Balaban J connectivity index is 0. The zero-order chi connectivity index (χ0) is 11.6. The van der Waals surface area contributed by atoms with Gasteiger partial charge in [-0.1, -0.05) is 41.0 Å². The second kappa shape index (κ2) is 9.57. The van der Waals surface area contributed by atoms with Gasteiger partial charge in [-0.2, -0.15) is 0 Å². The van der Waals surface area contributed by atoms with Crippen LogP contribution in [0.2, 0.25) is 0 Å². The van der Waals surface area contributed by atoms with Crippen LogP contribution in [0.25, 0.3) is 0 Å². The van der Waals surface area contributed by atoms with Crippen molar-refractivity contribution in [1.29, 1.82) is 0 Å². The minimum absolute atomic E-state index is 0.833. The maximum absolute atomic E-state index is 11.1. The van der Waals surface area contributed by atoms with Crippen LogP contribution in [-0.2, 0) is 9.52 Å². The molecule has 0 spiro atoms. The predicted octanol–water partition coefficient (Wildman–Crippen LogP) is 3.58. The monoisotopic (exact) mass is 220 g/mol. The Morgan fingerprint density at radius 1 is 1.00 bits per heavy atom. The van der Waals surface area contributed by atoms with Crippen molar-refractivity contribution in [1.82, 2.24) is 0 Å². The number of rotatable bonds is 0. The molecule has 1 fully saturated rings. The smallest absolute Gasteiger partial charge is 0.0158 e. The van der Waals surface area contributed by atoms with Crippen LogP contribution in [-0.4, -0.2) is 21.6 Å². The van der Waals surface area contributed by atoms with E-state index in [9.17, 15) is 4.21 Å². The molecule has 0 aromatic heterocycles. The maximum Gasteiger partial charge on any atom is 0.0158 e. The molecular weight excluding hydrogens is 192 g/mol. The third kappa shape index (κ3) is 14.5. The first-order valence-electron chi connectivity index (χ1n) is 5.76. The molecule has 0 saturated carbocycles. The van der Waals surface area contributed by atoms with Crippen molar-refractivity contribution in [2.24, 2.45) is 5.92 Å². The molecule has 1 aliphatic rings. The molecule has 0 aromatic rings. The summed E-state index contributed by atoms with van der Waals surface area (Å²) in [7, 11) is -1.58. The molecule has 2 heteroatoms. The van der Waals surface area contributed by atoms with Gasteiger partial charge >= 0.3 is 0 Å². The second-order valence-electron chi connectivity index (χ2n) is 4.17. The highest BCUT2D eigenvalue weighted by atomic mass is 32.2. The zero-order valence-electron chi connectivity index (χ0n) is 10.6. The van der Waals surface area contributed by atoms with Crippen molar-refractivity contribution in [3.05, 3.63) is 0 Å². The van der Waals surface area contributed by atoms with Crippen molar-refractivity contribution in [2.75, 3.05) is 11.5 Å². The van der Waals surface area contributed by atoms with Gasteiger partial charge in [0, 0.05) is 11.5 Å². The van der Waals surface area contributed by atoms with Gasteiger partial charge in [0.2, 0.25) is 0 Å². The van der Waals surface area contributed by atoms with E-state index in [4.69, 9.17) is 0 Å². The van der Waals surface area contributed by atoms with Crippen molar-refractivity contribution < 1.29 is 4.21 Å². The normalized spacial score (nSPS) is 18.7. The van der Waals surface area contributed by atoms with Gasteiger partial charge in [0.25, 0.3) is 0 Å². The van der Waals surface area contributed by atoms with E-state index >= 15 is 0 Å². The van der Waals surface area contributed by atoms with Crippen LogP contribution in [0.1, 0.15) is 53.9 Å². The molecule has 1 rings (SSSR count). The van der Waals surface area contributed by atoms with Gasteiger partial charge in [-0.3, -0.25) is 4.21 Å². The predicted molar refractivity (Wildman–Crippen MR) is 70.7 cm³/mol. The lowest BCUT2D eigenvalue weighted by molar-refractivity contribution is 0.655. The van der Waals surface area contributed by atoms with Gasteiger partial charge in [-0.15, -0.1) is 0 Å². The van der Waals surface area contributed by atoms with Crippen LogP contribution in [0, 0.1) is 5.92 Å². The quantitative estimate of drug-likeness (QED) is 0.570. The molecule has 0 unspecified atom stereocenters. The summed E-state index contributed by atoms with van der Waals surface area (Å²) in [5.41, 5.74) is 0. The van der Waals surface area contributed by atoms with Crippen molar-refractivity contribution in [3.63, 3.8) is 0 Å². The third-order valence-electron chi connectivity index (χ3n) is 1.53. The summed E-state index contributed by atoms with van der Waals surface area (Å²) in [6.45, 7) is 10.5. The van der Waals surface area contributed by atoms with Gasteiger partial charge in [0.15, 0.2) is 0 Å². The summed E-state index contributed by atoms with van der Waals surface area (Å²) in [6.07, 6.45) is 3.51. The Morgan fingerprint density at radius 2 is 1.29 bits per heavy atom. The van der Waals surface area contributed by atoms with Crippen LogP contribution in [0.4, 0.5) is 0 Å². The first-order chi connectivity index (χ1) is 6.44. The van der Waals surface area contributed by atoms with Crippen LogP contribution < -0.4 is 0 Å².